The number of ketones is 1. The molecule has 1 saturated heterocycles. The fourth-order valence-electron chi connectivity index (χ4n) is 4.64. The predicted octanol–water partition coefficient (Wildman–Crippen LogP) is 6.69. The van der Waals surface area contributed by atoms with Crippen LogP contribution >= 0.6 is 24.0 Å². The minimum Gasteiger partial charge on any atom is -0.350 e. The van der Waals surface area contributed by atoms with Crippen LogP contribution in [0.2, 0.25) is 5.02 Å². The van der Waals surface area contributed by atoms with Crippen molar-refractivity contribution < 1.29 is 4.79 Å². The van der Waals surface area contributed by atoms with Crippen molar-refractivity contribution in [3.8, 4) is 0 Å². The van der Waals surface area contributed by atoms with E-state index in [4.69, 9.17) is 11.6 Å². The highest BCUT2D eigenvalue weighted by Crippen LogP contribution is 2.30. The second kappa shape index (κ2) is 10.00. The van der Waals surface area contributed by atoms with Gasteiger partial charge < -0.3 is 4.57 Å². The highest BCUT2D eigenvalue weighted by Gasteiger charge is 2.24. The van der Waals surface area contributed by atoms with E-state index in [2.05, 4.69) is 40.7 Å². The van der Waals surface area contributed by atoms with Crippen LogP contribution in [0.1, 0.15) is 54.6 Å². The zero-order valence-electron chi connectivity index (χ0n) is 17.7. The van der Waals surface area contributed by atoms with Gasteiger partial charge in [-0.3, -0.25) is 9.69 Å². The Morgan fingerprint density at radius 1 is 1.13 bits per heavy atom. The third-order valence-corrected chi connectivity index (χ3v) is 6.74. The van der Waals surface area contributed by atoms with E-state index in [1.807, 2.05) is 37.5 Å². The third kappa shape index (κ3) is 4.91. The van der Waals surface area contributed by atoms with Crippen LogP contribution in [0.4, 0.5) is 0 Å². The lowest BCUT2D eigenvalue weighted by Gasteiger charge is -2.36. The molecule has 30 heavy (non-hydrogen) atoms. The SMILES string of the molecule is CC(c1cccc(Cl)c1)N1CCC(CCC(=O)c2cn(C)c3ccccc23)CC1.Cl. The molecule has 4 rings (SSSR count). The van der Waals surface area contributed by atoms with E-state index >= 15 is 0 Å². The summed E-state index contributed by atoms with van der Waals surface area (Å²) in [6.45, 7) is 4.43. The number of Topliss-reactive ketones (excluding diaryl/α,β-unsaturated/α-hetero) is 1. The summed E-state index contributed by atoms with van der Waals surface area (Å²) >= 11 is 6.16. The molecule has 0 bridgehead atoms. The molecule has 0 radical (unpaired) electrons. The molecule has 1 aromatic heterocycles. The number of hydrogen-bond acceptors (Lipinski definition) is 2. The standard InChI is InChI=1S/C25H29ClN2O.ClH/c1-18(20-6-5-7-21(26)16-20)28-14-12-19(13-15-28)10-11-25(29)23-17-27(2)24-9-4-3-8-22(23)24;/h3-9,16-19H,10-15H2,1-2H3;1H. The van der Waals surface area contributed by atoms with Gasteiger partial charge in [0.05, 0.1) is 0 Å². The van der Waals surface area contributed by atoms with E-state index in [0.717, 1.165) is 53.8 Å². The van der Waals surface area contributed by atoms with Gasteiger partial charge in [-0.1, -0.05) is 41.9 Å². The number of para-hydroxylation sites is 1. The monoisotopic (exact) mass is 444 g/mol. The van der Waals surface area contributed by atoms with Gasteiger partial charge in [0.1, 0.15) is 0 Å². The number of likely N-dealkylation sites (tertiary alicyclic amines) is 1. The van der Waals surface area contributed by atoms with E-state index in [1.165, 1.54) is 5.56 Å². The van der Waals surface area contributed by atoms with E-state index < -0.39 is 0 Å². The predicted molar refractivity (Wildman–Crippen MR) is 128 cm³/mol. The highest BCUT2D eigenvalue weighted by molar-refractivity contribution is 6.30. The molecule has 160 valence electrons. The average molecular weight is 445 g/mol. The van der Waals surface area contributed by atoms with Crippen molar-refractivity contribution in [1.82, 2.24) is 9.47 Å². The summed E-state index contributed by atoms with van der Waals surface area (Å²) in [7, 11) is 2.01. The molecule has 0 saturated carbocycles. The van der Waals surface area contributed by atoms with E-state index in [1.54, 1.807) is 0 Å². The van der Waals surface area contributed by atoms with E-state index in [-0.39, 0.29) is 18.2 Å². The molecule has 5 heteroatoms. The number of benzene rings is 2. The molecule has 3 aromatic rings. The second-order valence-electron chi connectivity index (χ2n) is 8.34. The lowest BCUT2D eigenvalue weighted by atomic mass is 9.89. The quantitative estimate of drug-likeness (QED) is 0.395. The van der Waals surface area contributed by atoms with Crippen molar-refractivity contribution in [3.05, 3.63) is 70.9 Å². The van der Waals surface area contributed by atoms with Crippen molar-refractivity contribution in [2.75, 3.05) is 13.1 Å². The Kier molecular flexibility index (Phi) is 7.62. The molecule has 1 unspecified atom stereocenters. The molecule has 2 aromatic carbocycles. The normalized spacial score (nSPS) is 16.4. The molecule has 0 amide bonds. The number of halogens is 2. The second-order valence-corrected chi connectivity index (χ2v) is 8.78. The number of hydrogen-bond donors (Lipinski definition) is 0. The molecule has 0 spiro atoms. The number of aromatic nitrogens is 1. The lowest BCUT2D eigenvalue weighted by molar-refractivity contribution is 0.0953. The van der Waals surface area contributed by atoms with Gasteiger partial charge in [-0.15, -0.1) is 12.4 Å². The van der Waals surface area contributed by atoms with Crippen molar-refractivity contribution >= 4 is 40.7 Å². The average Bonchev–Trinajstić information content (AvgIpc) is 3.09. The fourth-order valence-corrected chi connectivity index (χ4v) is 4.84. The van der Waals surface area contributed by atoms with Gasteiger partial charge in [-0.25, -0.2) is 0 Å². The Morgan fingerprint density at radius 3 is 2.60 bits per heavy atom. The van der Waals surface area contributed by atoms with Gasteiger partial charge in [0.2, 0.25) is 0 Å². The van der Waals surface area contributed by atoms with Crippen LogP contribution in [0.15, 0.2) is 54.7 Å². The number of fused-ring (bicyclic) bond motifs is 1. The van der Waals surface area contributed by atoms with Crippen LogP contribution in [0.5, 0.6) is 0 Å². The topological polar surface area (TPSA) is 25.2 Å². The maximum Gasteiger partial charge on any atom is 0.165 e. The van der Waals surface area contributed by atoms with Gasteiger partial charge in [0, 0.05) is 47.2 Å². The van der Waals surface area contributed by atoms with Crippen LogP contribution in [0, 0.1) is 5.92 Å². The Hall–Kier alpha value is -1.81. The Balaban J connectivity index is 0.00000256. The molecule has 1 fully saturated rings. The number of rotatable bonds is 6. The first-order valence-corrected chi connectivity index (χ1v) is 11.0. The van der Waals surface area contributed by atoms with Crippen LogP contribution in [0.3, 0.4) is 0 Å². The van der Waals surface area contributed by atoms with E-state index in [9.17, 15) is 4.79 Å². The third-order valence-electron chi connectivity index (χ3n) is 6.50. The van der Waals surface area contributed by atoms with Gasteiger partial charge in [-0.05, 0) is 69.0 Å². The molecule has 0 N–H and O–H groups in total. The minimum absolute atomic E-state index is 0. The summed E-state index contributed by atoms with van der Waals surface area (Å²) in [4.78, 5) is 15.4. The van der Waals surface area contributed by atoms with Crippen molar-refractivity contribution in [3.63, 3.8) is 0 Å². The Labute approximate surface area is 190 Å². The van der Waals surface area contributed by atoms with Crippen LogP contribution in [-0.2, 0) is 7.05 Å². The van der Waals surface area contributed by atoms with Gasteiger partial charge in [-0.2, -0.15) is 0 Å². The van der Waals surface area contributed by atoms with Crippen molar-refractivity contribution in [2.45, 2.75) is 38.6 Å². The zero-order chi connectivity index (χ0) is 20.4. The Bertz CT molecular complexity index is 1010. The largest absolute Gasteiger partial charge is 0.350 e. The molecule has 1 atom stereocenters. The number of carbonyl (C=O) groups is 1. The number of carbonyl (C=O) groups excluding carboxylic acids is 1. The highest BCUT2D eigenvalue weighted by atomic mass is 35.5. The van der Waals surface area contributed by atoms with E-state index in [0.29, 0.717) is 18.4 Å². The molecule has 2 heterocycles. The molecular formula is C25H30Cl2N2O. The Morgan fingerprint density at radius 2 is 1.87 bits per heavy atom. The molecule has 1 aliphatic rings. The smallest absolute Gasteiger partial charge is 0.165 e. The lowest BCUT2D eigenvalue weighted by Crippen LogP contribution is -2.35. The number of nitrogens with zero attached hydrogens (tertiary/aromatic N) is 2. The first-order valence-electron chi connectivity index (χ1n) is 10.6. The zero-order valence-corrected chi connectivity index (χ0v) is 19.3. The summed E-state index contributed by atoms with van der Waals surface area (Å²) in [6, 6.07) is 16.7. The van der Waals surface area contributed by atoms with Crippen molar-refractivity contribution in [1.29, 1.82) is 0 Å². The molecule has 0 aliphatic carbocycles. The van der Waals surface area contributed by atoms with Crippen LogP contribution in [0.25, 0.3) is 10.9 Å². The van der Waals surface area contributed by atoms with Gasteiger partial charge in [0.25, 0.3) is 0 Å². The molecule has 1 aliphatic heterocycles. The number of aryl methyl sites for hydroxylation is 1. The summed E-state index contributed by atoms with van der Waals surface area (Å²) in [5, 5.41) is 1.88. The number of piperidine rings is 1. The van der Waals surface area contributed by atoms with Crippen LogP contribution in [-0.4, -0.2) is 28.3 Å². The van der Waals surface area contributed by atoms with Crippen LogP contribution < -0.4 is 0 Å². The molecule has 3 nitrogen and oxygen atoms in total. The first-order chi connectivity index (χ1) is 14.0. The fraction of sp³-hybridized carbons (Fsp3) is 0.400. The summed E-state index contributed by atoms with van der Waals surface area (Å²) < 4.78 is 2.05. The van der Waals surface area contributed by atoms with Gasteiger partial charge in [0.15, 0.2) is 5.78 Å². The summed E-state index contributed by atoms with van der Waals surface area (Å²) in [5.74, 6) is 0.910. The molecular weight excluding hydrogens is 415 g/mol. The summed E-state index contributed by atoms with van der Waals surface area (Å²) in [6.07, 6.45) is 5.94. The minimum atomic E-state index is 0. The first kappa shape index (κ1) is 22.9. The van der Waals surface area contributed by atoms with Crippen molar-refractivity contribution in [2.24, 2.45) is 13.0 Å². The van der Waals surface area contributed by atoms with Gasteiger partial charge >= 0.3 is 0 Å². The maximum atomic E-state index is 12.9. The maximum absolute atomic E-state index is 12.9. The summed E-state index contributed by atoms with van der Waals surface area (Å²) in [5.41, 5.74) is 3.27.